The summed E-state index contributed by atoms with van der Waals surface area (Å²) in [4.78, 5) is 0. The molecule has 0 radical (unpaired) electrons. The fraction of sp³-hybridized carbons (Fsp3) is 0.800. The minimum atomic E-state index is 0.440. The van der Waals surface area contributed by atoms with Gasteiger partial charge in [0, 0.05) is 0 Å². The van der Waals surface area contributed by atoms with Gasteiger partial charge in [0.15, 0.2) is 0 Å². The molecule has 0 saturated heterocycles. The van der Waals surface area contributed by atoms with E-state index in [1.54, 1.807) is 0 Å². The third-order valence-electron chi connectivity index (χ3n) is 1.57. The number of ether oxygens (including phenoxy) is 2. The third kappa shape index (κ3) is 12.3. The van der Waals surface area contributed by atoms with Crippen molar-refractivity contribution in [3.05, 3.63) is 12.2 Å². The van der Waals surface area contributed by atoms with Crippen LogP contribution in [0.5, 0.6) is 0 Å². The first-order chi connectivity index (χ1) is 6.41. The van der Waals surface area contributed by atoms with Crippen molar-refractivity contribution < 1.29 is 9.47 Å². The van der Waals surface area contributed by atoms with Crippen LogP contribution >= 0.6 is 0 Å². The Kier molecular flexibility index (Phi) is 12.5. The summed E-state index contributed by atoms with van der Waals surface area (Å²) in [5.41, 5.74) is 0. The Morgan fingerprint density at radius 1 is 1.08 bits per heavy atom. The summed E-state index contributed by atoms with van der Waals surface area (Å²) in [5.74, 6) is 0. The van der Waals surface area contributed by atoms with Gasteiger partial charge in [0.25, 0.3) is 0 Å². The van der Waals surface area contributed by atoms with Gasteiger partial charge in [-0.3, -0.25) is 0 Å². The van der Waals surface area contributed by atoms with E-state index in [1.165, 1.54) is 11.5 Å². The standard InChI is InChI=1S/C10H19O2.Li/c1-3-5-6-7-9-12-10-11-8-4-2;/h5-6H,1,3-4,7-10H2,2H3;/b6-5-;. The maximum absolute atomic E-state index is 5.24. The molecule has 0 spiro atoms. The molecule has 0 saturated carbocycles. The summed E-state index contributed by atoms with van der Waals surface area (Å²) in [7, 11) is 0. The molecule has 0 aliphatic rings. The second-order valence-electron chi connectivity index (χ2n) is 2.98. The molecule has 0 atom stereocenters. The quantitative estimate of drug-likeness (QED) is 0.233. The monoisotopic (exact) mass is 178 g/mol. The Balaban J connectivity index is 2.91. The fourth-order valence-electron chi connectivity index (χ4n) is 0.875. The van der Waals surface area contributed by atoms with E-state index in [2.05, 4.69) is 36.8 Å². The van der Waals surface area contributed by atoms with Crippen LogP contribution in [0.2, 0.25) is 5.09 Å². The molecule has 72 valence electrons. The molecule has 0 aromatic heterocycles. The first-order valence-corrected chi connectivity index (χ1v) is 5.22. The van der Waals surface area contributed by atoms with E-state index in [0.29, 0.717) is 6.79 Å². The van der Waals surface area contributed by atoms with Gasteiger partial charge in [-0.05, 0) is 0 Å². The molecule has 0 aromatic rings. The van der Waals surface area contributed by atoms with Crippen LogP contribution in [0.3, 0.4) is 0 Å². The summed E-state index contributed by atoms with van der Waals surface area (Å²) in [6, 6.07) is 0. The molecule has 0 fully saturated rings. The molecule has 0 bridgehead atoms. The molecule has 0 amide bonds. The van der Waals surface area contributed by atoms with Gasteiger partial charge in [-0.1, -0.05) is 0 Å². The molecule has 0 unspecified atom stereocenters. The first-order valence-electron chi connectivity index (χ1n) is 5.22. The van der Waals surface area contributed by atoms with Crippen LogP contribution < -0.4 is 0 Å². The average molecular weight is 178 g/mol. The zero-order valence-electron chi connectivity index (χ0n) is 8.92. The summed E-state index contributed by atoms with van der Waals surface area (Å²) in [5, 5.41) is 1.22. The number of allylic oxidation sites excluding steroid dienone is 1. The molecule has 2 nitrogen and oxygen atoms in total. The summed E-state index contributed by atoms with van der Waals surface area (Å²) < 4.78 is 10.4. The van der Waals surface area contributed by atoms with Gasteiger partial charge in [-0.15, -0.1) is 0 Å². The van der Waals surface area contributed by atoms with Crippen molar-refractivity contribution >= 4 is 17.7 Å². The van der Waals surface area contributed by atoms with E-state index in [0.717, 1.165) is 26.1 Å². The fourth-order valence-corrected chi connectivity index (χ4v) is 0.875. The molecule has 0 rings (SSSR count). The molecule has 0 aromatic carbocycles. The van der Waals surface area contributed by atoms with E-state index in [9.17, 15) is 0 Å². The zero-order valence-corrected chi connectivity index (χ0v) is 8.92. The van der Waals surface area contributed by atoms with Crippen LogP contribution in [0.1, 0.15) is 26.2 Å². The minimum absolute atomic E-state index is 0.440. The van der Waals surface area contributed by atoms with Gasteiger partial charge >= 0.3 is 90.6 Å². The molecular formula is C10H19LiO2. The molecule has 13 heavy (non-hydrogen) atoms. The summed E-state index contributed by atoms with van der Waals surface area (Å²) in [6.07, 6.45) is 7.60. The predicted molar refractivity (Wildman–Crippen MR) is 56.0 cm³/mol. The summed E-state index contributed by atoms with van der Waals surface area (Å²) >= 11 is 2.18. The van der Waals surface area contributed by atoms with E-state index in [4.69, 9.17) is 9.47 Å². The molecule has 0 heterocycles. The SMILES string of the molecule is [Li][CH2]C/C=C\CCOCOCCC. The van der Waals surface area contributed by atoms with Crippen molar-refractivity contribution in [2.24, 2.45) is 0 Å². The van der Waals surface area contributed by atoms with Crippen molar-refractivity contribution in [2.75, 3.05) is 20.0 Å². The normalized spacial score (nSPS) is 11.3. The van der Waals surface area contributed by atoms with Gasteiger partial charge in [0.1, 0.15) is 0 Å². The Labute approximate surface area is 90.9 Å². The van der Waals surface area contributed by atoms with Crippen LogP contribution in [0.15, 0.2) is 12.2 Å². The van der Waals surface area contributed by atoms with Gasteiger partial charge < -0.3 is 0 Å². The van der Waals surface area contributed by atoms with Crippen LogP contribution in [0, 0.1) is 0 Å². The maximum atomic E-state index is 5.24. The Morgan fingerprint density at radius 3 is 2.46 bits per heavy atom. The molecule has 0 aliphatic carbocycles. The zero-order chi connectivity index (χ0) is 9.78. The number of hydrogen-bond donors (Lipinski definition) is 0. The van der Waals surface area contributed by atoms with Crippen LogP contribution in [-0.4, -0.2) is 37.7 Å². The molecular weight excluding hydrogens is 159 g/mol. The molecule has 3 heteroatoms. The van der Waals surface area contributed by atoms with Crippen molar-refractivity contribution in [1.82, 2.24) is 0 Å². The van der Waals surface area contributed by atoms with E-state index >= 15 is 0 Å². The number of rotatable bonds is 9. The Morgan fingerprint density at radius 2 is 1.77 bits per heavy atom. The second kappa shape index (κ2) is 12.3. The van der Waals surface area contributed by atoms with Crippen molar-refractivity contribution in [1.29, 1.82) is 0 Å². The van der Waals surface area contributed by atoms with Crippen LogP contribution in [-0.2, 0) is 9.47 Å². The topological polar surface area (TPSA) is 18.5 Å². The first kappa shape index (κ1) is 13.3. The van der Waals surface area contributed by atoms with E-state index in [-0.39, 0.29) is 0 Å². The van der Waals surface area contributed by atoms with Crippen molar-refractivity contribution in [3.8, 4) is 0 Å². The van der Waals surface area contributed by atoms with Gasteiger partial charge in [0.2, 0.25) is 0 Å². The Bertz CT molecular complexity index is 115. The molecule has 0 aliphatic heterocycles. The second-order valence-corrected chi connectivity index (χ2v) is 2.98. The predicted octanol–water partition coefficient (Wildman–Crippen LogP) is 2.31. The Hall–Kier alpha value is 0.257. The average Bonchev–Trinajstić information content (AvgIpc) is 2.16. The van der Waals surface area contributed by atoms with Crippen LogP contribution in [0.4, 0.5) is 0 Å². The summed E-state index contributed by atoms with van der Waals surface area (Å²) in [6.45, 7) is 4.10. The van der Waals surface area contributed by atoms with Crippen molar-refractivity contribution in [2.45, 2.75) is 31.3 Å². The van der Waals surface area contributed by atoms with E-state index < -0.39 is 0 Å². The van der Waals surface area contributed by atoms with Gasteiger partial charge in [0.05, 0.1) is 0 Å². The molecule has 0 N–H and O–H groups in total. The van der Waals surface area contributed by atoms with E-state index in [1.807, 2.05) is 0 Å². The third-order valence-corrected chi connectivity index (χ3v) is 1.57. The van der Waals surface area contributed by atoms with Crippen molar-refractivity contribution in [3.63, 3.8) is 0 Å². The van der Waals surface area contributed by atoms with Crippen LogP contribution in [0.25, 0.3) is 0 Å². The van der Waals surface area contributed by atoms with Gasteiger partial charge in [-0.25, -0.2) is 0 Å². The van der Waals surface area contributed by atoms with Gasteiger partial charge in [-0.2, -0.15) is 0 Å². The number of hydrogen-bond acceptors (Lipinski definition) is 2.